The molecule has 2 aliphatic rings. The van der Waals surface area contributed by atoms with Crippen LogP contribution >= 0.6 is 0 Å². The molecule has 2 aliphatic heterocycles. The lowest BCUT2D eigenvalue weighted by Gasteiger charge is -2.38. The van der Waals surface area contributed by atoms with Crippen LogP contribution in [0.15, 0.2) is 48.5 Å². The van der Waals surface area contributed by atoms with Crippen molar-refractivity contribution in [1.29, 1.82) is 0 Å². The summed E-state index contributed by atoms with van der Waals surface area (Å²) >= 11 is 0. The molecule has 8 nitrogen and oxygen atoms in total. The quantitative estimate of drug-likeness (QED) is 0.540. The fraction of sp³-hybridized carbons (Fsp3) is 0.458. The van der Waals surface area contributed by atoms with E-state index < -0.39 is 0 Å². The Bertz CT molecular complexity index is 1020. The van der Waals surface area contributed by atoms with E-state index in [4.69, 9.17) is 9.47 Å². The summed E-state index contributed by atoms with van der Waals surface area (Å²) in [6, 6.07) is 17.0. The largest absolute Gasteiger partial charge is 0.454 e. The van der Waals surface area contributed by atoms with Gasteiger partial charge in [0.2, 0.25) is 6.79 Å². The zero-order chi connectivity index (χ0) is 21.8. The molecule has 1 saturated heterocycles. The summed E-state index contributed by atoms with van der Waals surface area (Å²) in [7, 11) is 0. The summed E-state index contributed by atoms with van der Waals surface area (Å²) in [6.45, 7) is 8.29. The number of piperazine rings is 1. The minimum atomic E-state index is 0.225. The van der Waals surface area contributed by atoms with Gasteiger partial charge in [0.05, 0.1) is 12.6 Å². The molecular formula is C24H30N6O2. The van der Waals surface area contributed by atoms with Crippen molar-refractivity contribution in [2.45, 2.75) is 38.9 Å². The van der Waals surface area contributed by atoms with E-state index in [1.165, 1.54) is 5.56 Å². The monoisotopic (exact) mass is 434 g/mol. The van der Waals surface area contributed by atoms with E-state index in [2.05, 4.69) is 68.6 Å². The van der Waals surface area contributed by atoms with Crippen LogP contribution in [-0.4, -0.2) is 63.0 Å². The zero-order valence-electron chi connectivity index (χ0n) is 18.6. The van der Waals surface area contributed by atoms with E-state index in [0.717, 1.165) is 68.5 Å². The van der Waals surface area contributed by atoms with Gasteiger partial charge in [-0.1, -0.05) is 49.7 Å². The lowest BCUT2D eigenvalue weighted by molar-refractivity contribution is 0.0820. The SMILES string of the molecule is CCC[C@@H](c1nnnn1Cc1ccc2c(c1)OCO2)N1CCN(Cc2ccccc2)CC1. The smallest absolute Gasteiger partial charge is 0.231 e. The van der Waals surface area contributed by atoms with Gasteiger partial charge in [0, 0.05) is 32.7 Å². The topological polar surface area (TPSA) is 68.5 Å². The third-order valence-corrected chi connectivity index (χ3v) is 6.29. The number of ether oxygens (including phenoxy) is 2. The van der Waals surface area contributed by atoms with Crippen molar-refractivity contribution in [3.05, 3.63) is 65.5 Å². The predicted molar refractivity (Wildman–Crippen MR) is 120 cm³/mol. The predicted octanol–water partition coefficient (Wildman–Crippen LogP) is 3.11. The Morgan fingerprint density at radius 3 is 2.53 bits per heavy atom. The van der Waals surface area contributed by atoms with Gasteiger partial charge in [-0.05, 0) is 40.1 Å². The number of fused-ring (bicyclic) bond motifs is 1. The van der Waals surface area contributed by atoms with Gasteiger partial charge in [0.25, 0.3) is 0 Å². The molecule has 0 N–H and O–H groups in total. The fourth-order valence-electron chi connectivity index (χ4n) is 4.60. The molecule has 3 aromatic rings. The molecule has 32 heavy (non-hydrogen) atoms. The number of tetrazole rings is 1. The molecule has 0 aliphatic carbocycles. The van der Waals surface area contributed by atoms with E-state index in [1.54, 1.807) is 0 Å². The summed E-state index contributed by atoms with van der Waals surface area (Å²) in [5.74, 6) is 2.53. The lowest BCUT2D eigenvalue weighted by Crippen LogP contribution is -2.47. The molecule has 5 rings (SSSR count). The maximum atomic E-state index is 5.53. The first-order valence-corrected chi connectivity index (χ1v) is 11.4. The van der Waals surface area contributed by atoms with Crippen molar-refractivity contribution in [2.75, 3.05) is 33.0 Å². The molecule has 0 bridgehead atoms. The van der Waals surface area contributed by atoms with Crippen molar-refractivity contribution in [1.82, 2.24) is 30.0 Å². The molecule has 0 spiro atoms. The van der Waals surface area contributed by atoms with Crippen molar-refractivity contribution < 1.29 is 9.47 Å². The van der Waals surface area contributed by atoms with Gasteiger partial charge >= 0.3 is 0 Å². The average molecular weight is 435 g/mol. The van der Waals surface area contributed by atoms with Crippen molar-refractivity contribution in [3.8, 4) is 11.5 Å². The van der Waals surface area contributed by atoms with E-state index in [1.807, 2.05) is 16.8 Å². The number of aromatic nitrogens is 4. The minimum Gasteiger partial charge on any atom is -0.454 e. The second kappa shape index (κ2) is 9.67. The molecule has 1 fully saturated rings. The second-order valence-electron chi connectivity index (χ2n) is 8.48. The third-order valence-electron chi connectivity index (χ3n) is 6.29. The van der Waals surface area contributed by atoms with Crippen LogP contribution in [0.25, 0.3) is 0 Å². The normalized spacial score (nSPS) is 17.5. The maximum absolute atomic E-state index is 5.53. The summed E-state index contributed by atoms with van der Waals surface area (Å²) in [4.78, 5) is 5.08. The Hall–Kier alpha value is -2.97. The fourth-order valence-corrected chi connectivity index (χ4v) is 4.60. The van der Waals surface area contributed by atoms with E-state index in [9.17, 15) is 0 Å². The van der Waals surface area contributed by atoms with Gasteiger partial charge < -0.3 is 9.47 Å². The van der Waals surface area contributed by atoms with Crippen LogP contribution < -0.4 is 9.47 Å². The summed E-state index contributed by atoms with van der Waals surface area (Å²) in [5.41, 5.74) is 2.48. The molecule has 1 atom stereocenters. The van der Waals surface area contributed by atoms with Crippen LogP contribution in [0.4, 0.5) is 0 Å². The second-order valence-corrected chi connectivity index (χ2v) is 8.48. The molecule has 0 saturated carbocycles. The Kier molecular flexibility index (Phi) is 6.31. The molecule has 8 heteroatoms. The molecular weight excluding hydrogens is 404 g/mol. The van der Waals surface area contributed by atoms with Gasteiger partial charge in [-0.25, -0.2) is 4.68 Å². The highest BCUT2D eigenvalue weighted by molar-refractivity contribution is 5.44. The highest BCUT2D eigenvalue weighted by atomic mass is 16.7. The van der Waals surface area contributed by atoms with Crippen LogP contribution in [0.2, 0.25) is 0 Å². The summed E-state index contributed by atoms with van der Waals surface area (Å²) < 4.78 is 12.9. The van der Waals surface area contributed by atoms with E-state index in [0.29, 0.717) is 6.54 Å². The van der Waals surface area contributed by atoms with Crippen molar-refractivity contribution in [3.63, 3.8) is 0 Å². The molecule has 3 heterocycles. The van der Waals surface area contributed by atoms with Gasteiger partial charge in [0.15, 0.2) is 17.3 Å². The summed E-state index contributed by atoms with van der Waals surface area (Å²) in [6.07, 6.45) is 2.13. The number of hydrogen-bond acceptors (Lipinski definition) is 7. The van der Waals surface area contributed by atoms with E-state index >= 15 is 0 Å². The minimum absolute atomic E-state index is 0.225. The van der Waals surface area contributed by atoms with Crippen molar-refractivity contribution in [2.24, 2.45) is 0 Å². The van der Waals surface area contributed by atoms with Crippen LogP contribution in [0.3, 0.4) is 0 Å². The Morgan fingerprint density at radius 2 is 1.72 bits per heavy atom. The summed E-state index contributed by atoms with van der Waals surface area (Å²) in [5, 5.41) is 12.8. The molecule has 2 aromatic carbocycles. The number of nitrogens with zero attached hydrogens (tertiary/aromatic N) is 6. The highest BCUT2D eigenvalue weighted by Crippen LogP contribution is 2.33. The number of rotatable bonds is 8. The number of hydrogen-bond donors (Lipinski definition) is 0. The highest BCUT2D eigenvalue weighted by Gasteiger charge is 2.28. The van der Waals surface area contributed by atoms with Crippen LogP contribution in [-0.2, 0) is 13.1 Å². The molecule has 1 aromatic heterocycles. The van der Waals surface area contributed by atoms with Crippen LogP contribution in [0.1, 0.15) is 42.8 Å². The Morgan fingerprint density at radius 1 is 0.906 bits per heavy atom. The van der Waals surface area contributed by atoms with Gasteiger partial charge in [-0.15, -0.1) is 5.10 Å². The molecule has 168 valence electrons. The van der Waals surface area contributed by atoms with E-state index in [-0.39, 0.29) is 12.8 Å². The molecule has 0 radical (unpaired) electrons. The average Bonchev–Trinajstić information content (AvgIpc) is 3.48. The van der Waals surface area contributed by atoms with Gasteiger partial charge in [-0.3, -0.25) is 9.80 Å². The third kappa shape index (κ3) is 4.61. The first kappa shape index (κ1) is 20.9. The lowest BCUT2D eigenvalue weighted by atomic mass is 10.1. The van der Waals surface area contributed by atoms with Gasteiger partial charge in [0.1, 0.15) is 0 Å². The van der Waals surface area contributed by atoms with Crippen molar-refractivity contribution >= 4 is 0 Å². The molecule has 0 amide bonds. The Labute approximate surface area is 188 Å². The standard InChI is InChI=1S/C24H30N6O2/c1-2-6-21(29-13-11-28(12-14-29)16-19-7-4-3-5-8-19)24-25-26-27-30(24)17-20-9-10-22-23(15-20)32-18-31-22/h3-5,7-10,15,21H,2,6,11-14,16-18H2,1H3/t21-/m0/s1. The van der Waals surface area contributed by atoms with Crippen LogP contribution in [0.5, 0.6) is 11.5 Å². The van der Waals surface area contributed by atoms with Crippen LogP contribution in [0, 0.1) is 0 Å². The first-order chi connectivity index (χ1) is 15.8. The number of benzene rings is 2. The maximum Gasteiger partial charge on any atom is 0.231 e. The zero-order valence-corrected chi connectivity index (χ0v) is 18.6. The first-order valence-electron chi connectivity index (χ1n) is 11.4. The molecule has 0 unspecified atom stereocenters. The Balaban J connectivity index is 1.26. The van der Waals surface area contributed by atoms with Gasteiger partial charge in [-0.2, -0.15) is 0 Å².